The molecule has 1 N–H and O–H groups in total. The molecule has 5 aromatic rings. The minimum absolute atomic E-state index is 0.354. The van der Waals surface area contributed by atoms with Crippen molar-refractivity contribution in [2.45, 2.75) is 40.5 Å². The number of aromatic nitrogens is 4. The van der Waals surface area contributed by atoms with Gasteiger partial charge in [-0.2, -0.15) is 0 Å². The van der Waals surface area contributed by atoms with Crippen LogP contribution in [0.25, 0.3) is 44.5 Å². The first-order valence-corrected chi connectivity index (χ1v) is 9.59. The smallest absolute Gasteiger partial charge is 0.227 e. The molecule has 5 nitrogen and oxygen atoms in total. The summed E-state index contributed by atoms with van der Waals surface area (Å²) in [5.41, 5.74) is 8.44. The van der Waals surface area contributed by atoms with Crippen LogP contribution in [0.1, 0.15) is 42.4 Å². The van der Waals surface area contributed by atoms with Crippen molar-refractivity contribution in [3.63, 3.8) is 0 Å². The predicted octanol–water partition coefficient (Wildman–Crippen LogP) is 5.97. The molecule has 0 aliphatic rings. The van der Waals surface area contributed by atoms with Gasteiger partial charge in [0.05, 0.1) is 16.8 Å². The van der Waals surface area contributed by atoms with E-state index in [0.717, 1.165) is 55.9 Å². The highest BCUT2D eigenvalue weighted by Crippen LogP contribution is 2.37. The number of pyridine rings is 2. The van der Waals surface area contributed by atoms with E-state index in [1.807, 2.05) is 19.9 Å². The molecular weight excluding hydrogens is 348 g/mol. The second-order valence-corrected chi connectivity index (χ2v) is 7.81. The Labute approximate surface area is 162 Å². The average molecular weight is 370 g/mol. The number of rotatable bonds is 2. The van der Waals surface area contributed by atoms with Crippen LogP contribution in [-0.4, -0.2) is 19.9 Å². The van der Waals surface area contributed by atoms with Gasteiger partial charge < -0.3 is 9.40 Å². The van der Waals surface area contributed by atoms with Crippen LogP contribution in [-0.2, 0) is 0 Å². The molecule has 0 spiro atoms. The van der Waals surface area contributed by atoms with E-state index in [9.17, 15) is 0 Å². The van der Waals surface area contributed by atoms with Crippen LogP contribution in [0.4, 0.5) is 0 Å². The molecular formula is C23H22N4O. The van der Waals surface area contributed by atoms with Gasteiger partial charge in [-0.05, 0) is 56.5 Å². The maximum atomic E-state index is 6.27. The third-order valence-electron chi connectivity index (χ3n) is 5.33. The first-order valence-electron chi connectivity index (χ1n) is 9.59. The Kier molecular flexibility index (Phi) is 3.56. The molecule has 0 atom stereocenters. The number of benzene rings is 1. The second kappa shape index (κ2) is 5.89. The van der Waals surface area contributed by atoms with Crippen molar-refractivity contribution in [2.24, 2.45) is 0 Å². The Bertz CT molecular complexity index is 1370. The van der Waals surface area contributed by atoms with Crippen molar-refractivity contribution in [3.05, 3.63) is 53.0 Å². The molecule has 5 heteroatoms. The van der Waals surface area contributed by atoms with Crippen LogP contribution in [0.15, 0.2) is 34.7 Å². The monoisotopic (exact) mass is 370 g/mol. The van der Waals surface area contributed by atoms with E-state index < -0.39 is 0 Å². The minimum Gasteiger partial charge on any atom is -0.437 e. The zero-order valence-corrected chi connectivity index (χ0v) is 16.7. The topological polar surface area (TPSA) is 67.6 Å². The highest BCUT2D eigenvalue weighted by atomic mass is 16.3. The largest absolute Gasteiger partial charge is 0.437 e. The standard InChI is InChI=1S/C23H22N4O/c1-11(2)17-9-8-15-19-12(3)6-7-16(21(19)28-23(15)26-17)22-25-18-10-13(4)24-14(5)20(18)27-22/h6-11H,1-5H3,(H,25,27). The first-order chi connectivity index (χ1) is 13.4. The van der Waals surface area contributed by atoms with Crippen LogP contribution in [0.3, 0.4) is 0 Å². The zero-order valence-electron chi connectivity index (χ0n) is 16.7. The summed E-state index contributed by atoms with van der Waals surface area (Å²) in [7, 11) is 0. The molecule has 4 heterocycles. The molecule has 0 aliphatic heterocycles. The summed E-state index contributed by atoms with van der Waals surface area (Å²) in [6.07, 6.45) is 0. The number of fused-ring (bicyclic) bond motifs is 4. The van der Waals surface area contributed by atoms with E-state index in [-0.39, 0.29) is 0 Å². The number of nitrogens with one attached hydrogen (secondary N) is 1. The quantitative estimate of drug-likeness (QED) is 0.416. The van der Waals surface area contributed by atoms with Crippen LogP contribution >= 0.6 is 0 Å². The van der Waals surface area contributed by atoms with Crippen molar-refractivity contribution in [1.82, 2.24) is 19.9 Å². The van der Waals surface area contributed by atoms with Crippen LogP contribution in [0.5, 0.6) is 0 Å². The molecule has 0 saturated carbocycles. The highest BCUT2D eigenvalue weighted by molar-refractivity contribution is 6.10. The van der Waals surface area contributed by atoms with Gasteiger partial charge in [-0.25, -0.2) is 9.97 Å². The Morgan fingerprint density at radius 3 is 2.57 bits per heavy atom. The van der Waals surface area contributed by atoms with Crippen LogP contribution in [0, 0.1) is 20.8 Å². The van der Waals surface area contributed by atoms with Crippen molar-refractivity contribution in [3.8, 4) is 11.4 Å². The fourth-order valence-electron chi connectivity index (χ4n) is 3.90. The summed E-state index contributed by atoms with van der Waals surface area (Å²) >= 11 is 0. The minimum atomic E-state index is 0.354. The van der Waals surface area contributed by atoms with E-state index in [4.69, 9.17) is 14.4 Å². The maximum Gasteiger partial charge on any atom is 0.227 e. The van der Waals surface area contributed by atoms with Crippen molar-refractivity contribution < 1.29 is 4.42 Å². The Morgan fingerprint density at radius 2 is 1.79 bits per heavy atom. The summed E-state index contributed by atoms with van der Waals surface area (Å²) in [4.78, 5) is 17.5. The van der Waals surface area contributed by atoms with Crippen molar-refractivity contribution in [1.29, 1.82) is 0 Å². The number of hydrogen-bond donors (Lipinski definition) is 1. The Balaban J connectivity index is 1.81. The fraction of sp³-hybridized carbons (Fsp3) is 0.261. The number of nitrogens with zero attached hydrogens (tertiary/aromatic N) is 3. The summed E-state index contributed by atoms with van der Waals surface area (Å²) in [6, 6.07) is 10.4. The SMILES string of the molecule is Cc1cc2[nH]c(-c3ccc(C)c4c3oc3nc(C(C)C)ccc34)nc2c(C)n1. The number of aryl methyl sites for hydroxylation is 3. The normalized spacial score (nSPS) is 12.1. The predicted molar refractivity (Wildman–Crippen MR) is 113 cm³/mol. The lowest BCUT2D eigenvalue weighted by molar-refractivity contribution is 0.648. The average Bonchev–Trinajstić information content (AvgIpc) is 3.23. The lowest BCUT2D eigenvalue weighted by Crippen LogP contribution is -1.90. The Morgan fingerprint density at radius 1 is 0.964 bits per heavy atom. The maximum absolute atomic E-state index is 6.27. The molecule has 140 valence electrons. The van der Waals surface area contributed by atoms with Gasteiger partial charge in [0.15, 0.2) is 0 Å². The van der Waals surface area contributed by atoms with Crippen LogP contribution < -0.4 is 0 Å². The molecule has 0 fully saturated rings. The van der Waals surface area contributed by atoms with Gasteiger partial charge in [0.2, 0.25) is 5.71 Å². The first kappa shape index (κ1) is 16.9. The van der Waals surface area contributed by atoms with Gasteiger partial charge in [-0.1, -0.05) is 19.9 Å². The van der Waals surface area contributed by atoms with Gasteiger partial charge in [0.25, 0.3) is 0 Å². The number of aromatic amines is 1. The third kappa shape index (κ3) is 2.43. The van der Waals surface area contributed by atoms with Crippen LogP contribution in [0.2, 0.25) is 0 Å². The summed E-state index contributed by atoms with van der Waals surface area (Å²) in [6.45, 7) is 10.4. The molecule has 5 rings (SSSR count). The number of H-pyrrole nitrogens is 1. The molecule has 0 aliphatic carbocycles. The molecule has 1 aromatic carbocycles. The summed E-state index contributed by atoms with van der Waals surface area (Å²) < 4.78 is 6.27. The number of furan rings is 1. The van der Waals surface area contributed by atoms with Gasteiger partial charge >= 0.3 is 0 Å². The molecule has 0 bridgehead atoms. The van der Waals surface area contributed by atoms with E-state index >= 15 is 0 Å². The highest BCUT2D eigenvalue weighted by Gasteiger charge is 2.18. The lowest BCUT2D eigenvalue weighted by Gasteiger charge is -2.02. The van der Waals surface area contributed by atoms with Gasteiger partial charge in [0.1, 0.15) is 16.9 Å². The lowest BCUT2D eigenvalue weighted by atomic mass is 10.0. The van der Waals surface area contributed by atoms with Crippen molar-refractivity contribution in [2.75, 3.05) is 0 Å². The Hall–Kier alpha value is -3.21. The molecule has 4 aromatic heterocycles. The van der Waals surface area contributed by atoms with E-state index in [1.54, 1.807) is 0 Å². The summed E-state index contributed by atoms with van der Waals surface area (Å²) in [5, 5.41) is 2.14. The van der Waals surface area contributed by atoms with Gasteiger partial charge in [-0.15, -0.1) is 0 Å². The number of imidazole rings is 1. The van der Waals surface area contributed by atoms with E-state index in [1.165, 1.54) is 5.56 Å². The molecule has 28 heavy (non-hydrogen) atoms. The second-order valence-electron chi connectivity index (χ2n) is 7.81. The van der Waals surface area contributed by atoms with Crippen molar-refractivity contribution >= 4 is 33.1 Å². The zero-order chi connectivity index (χ0) is 19.6. The summed E-state index contributed by atoms with van der Waals surface area (Å²) in [5.74, 6) is 1.14. The molecule has 0 amide bonds. The molecule has 0 unspecified atom stereocenters. The van der Waals surface area contributed by atoms with E-state index in [0.29, 0.717) is 11.6 Å². The van der Waals surface area contributed by atoms with Gasteiger partial charge in [0, 0.05) is 22.2 Å². The number of hydrogen-bond acceptors (Lipinski definition) is 4. The van der Waals surface area contributed by atoms with Gasteiger partial charge in [-0.3, -0.25) is 4.98 Å². The molecule has 0 saturated heterocycles. The fourth-order valence-corrected chi connectivity index (χ4v) is 3.90. The third-order valence-corrected chi connectivity index (χ3v) is 5.33. The molecule has 0 radical (unpaired) electrons. The van der Waals surface area contributed by atoms with E-state index in [2.05, 4.69) is 55.0 Å².